The van der Waals surface area contributed by atoms with Crippen molar-refractivity contribution in [2.24, 2.45) is 5.92 Å². The van der Waals surface area contributed by atoms with Crippen LogP contribution in [0.3, 0.4) is 0 Å². The number of benzene rings is 1. The maximum atomic E-state index is 12.0. The van der Waals surface area contributed by atoms with Gasteiger partial charge < -0.3 is 5.32 Å². The Kier molecular flexibility index (Phi) is 6.85. The molecule has 0 unspecified atom stereocenters. The van der Waals surface area contributed by atoms with E-state index >= 15 is 0 Å². The molecule has 3 amide bonds. The Morgan fingerprint density at radius 3 is 2.44 bits per heavy atom. The van der Waals surface area contributed by atoms with Gasteiger partial charge >= 0.3 is 0 Å². The first kappa shape index (κ1) is 19.8. The number of piperidine rings is 1. The van der Waals surface area contributed by atoms with E-state index in [1.165, 1.54) is 4.90 Å². The molecule has 0 bridgehead atoms. The van der Waals surface area contributed by atoms with Crippen molar-refractivity contribution in [3.05, 3.63) is 34.9 Å². The van der Waals surface area contributed by atoms with E-state index in [1.807, 2.05) is 18.2 Å². The van der Waals surface area contributed by atoms with Crippen LogP contribution in [0.5, 0.6) is 0 Å². The number of likely N-dealkylation sites (tertiary alicyclic amines) is 2. The van der Waals surface area contributed by atoms with Crippen molar-refractivity contribution in [1.29, 1.82) is 0 Å². The summed E-state index contributed by atoms with van der Waals surface area (Å²) in [4.78, 5) is 38.7. The van der Waals surface area contributed by atoms with Gasteiger partial charge in [-0.2, -0.15) is 0 Å². The molecule has 0 aliphatic carbocycles. The maximum absolute atomic E-state index is 12.0. The van der Waals surface area contributed by atoms with Gasteiger partial charge in [-0.3, -0.25) is 24.2 Å². The van der Waals surface area contributed by atoms with Gasteiger partial charge in [-0.15, -0.1) is 0 Å². The highest BCUT2D eigenvalue weighted by Crippen LogP contribution is 2.22. The van der Waals surface area contributed by atoms with Crippen molar-refractivity contribution in [1.82, 2.24) is 15.1 Å². The maximum Gasteiger partial charge on any atom is 0.229 e. The molecule has 146 valence electrons. The van der Waals surface area contributed by atoms with Crippen molar-refractivity contribution in [3.63, 3.8) is 0 Å². The Morgan fingerprint density at radius 1 is 1.11 bits per heavy atom. The van der Waals surface area contributed by atoms with E-state index in [0.29, 0.717) is 12.5 Å². The molecule has 0 spiro atoms. The zero-order valence-electron chi connectivity index (χ0n) is 15.5. The average Bonchev–Trinajstić information content (AvgIpc) is 2.99. The van der Waals surface area contributed by atoms with Crippen LogP contribution in [0.2, 0.25) is 5.02 Å². The smallest absolute Gasteiger partial charge is 0.229 e. The summed E-state index contributed by atoms with van der Waals surface area (Å²) < 4.78 is 0. The number of amides is 3. The van der Waals surface area contributed by atoms with Crippen molar-refractivity contribution < 1.29 is 14.4 Å². The van der Waals surface area contributed by atoms with Gasteiger partial charge in [0.25, 0.3) is 0 Å². The summed E-state index contributed by atoms with van der Waals surface area (Å²) in [5.74, 6) is 0.0323. The lowest BCUT2D eigenvalue weighted by atomic mass is 9.96. The molecule has 7 heteroatoms. The van der Waals surface area contributed by atoms with Crippen LogP contribution >= 0.6 is 11.6 Å². The highest BCUT2D eigenvalue weighted by atomic mass is 35.5. The largest absolute Gasteiger partial charge is 0.356 e. The second-order valence-corrected chi connectivity index (χ2v) is 7.71. The predicted octanol–water partition coefficient (Wildman–Crippen LogP) is 2.21. The molecule has 0 aromatic heterocycles. The van der Waals surface area contributed by atoms with Gasteiger partial charge in [0.2, 0.25) is 17.7 Å². The quantitative estimate of drug-likeness (QED) is 0.723. The summed E-state index contributed by atoms with van der Waals surface area (Å²) in [6, 6.07) is 7.93. The van der Waals surface area contributed by atoms with Gasteiger partial charge in [0.1, 0.15) is 0 Å². The molecule has 0 atom stereocenters. The van der Waals surface area contributed by atoms with Crippen LogP contribution in [0.4, 0.5) is 0 Å². The molecule has 6 nitrogen and oxygen atoms in total. The lowest BCUT2D eigenvalue weighted by molar-refractivity contribution is -0.138. The molecule has 3 rings (SSSR count). The van der Waals surface area contributed by atoms with Gasteiger partial charge in [0.05, 0.1) is 0 Å². The lowest BCUT2D eigenvalue weighted by Gasteiger charge is -2.32. The number of nitrogens with zero attached hydrogens (tertiary/aromatic N) is 2. The normalized spacial score (nSPS) is 18.9. The predicted molar refractivity (Wildman–Crippen MR) is 103 cm³/mol. The summed E-state index contributed by atoms with van der Waals surface area (Å²) in [5.41, 5.74) is 1.15. The van der Waals surface area contributed by atoms with E-state index in [0.717, 1.165) is 43.1 Å². The summed E-state index contributed by atoms with van der Waals surface area (Å²) in [6.07, 6.45) is 2.80. The zero-order chi connectivity index (χ0) is 19.2. The monoisotopic (exact) mass is 391 g/mol. The Bertz CT molecular complexity index is 685. The van der Waals surface area contributed by atoms with E-state index in [-0.39, 0.29) is 43.5 Å². The van der Waals surface area contributed by atoms with Crippen LogP contribution in [-0.4, -0.2) is 53.7 Å². The molecule has 1 aromatic carbocycles. The number of hydrogen-bond acceptors (Lipinski definition) is 4. The Hall–Kier alpha value is -1.92. The summed E-state index contributed by atoms with van der Waals surface area (Å²) in [7, 11) is 0. The molecular formula is C20H26ClN3O3. The molecule has 0 radical (unpaired) electrons. The third-order valence-electron chi connectivity index (χ3n) is 5.36. The van der Waals surface area contributed by atoms with Crippen molar-refractivity contribution in [3.8, 4) is 0 Å². The number of rotatable bonds is 7. The van der Waals surface area contributed by atoms with Gasteiger partial charge in [0, 0.05) is 43.9 Å². The van der Waals surface area contributed by atoms with Gasteiger partial charge in [-0.1, -0.05) is 29.8 Å². The van der Waals surface area contributed by atoms with Crippen molar-refractivity contribution >= 4 is 29.3 Å². The standard InChI is InChI=1S/C20H26ClN3O3/c21-17-4-2-1-3-16(17)14-23-10-7-15(8-11-23)13-22-18(25)9-12-24-19(26)5-6-20(24)27/h1-4,15H,5-14H2,(H,22,25). The SMILES string of the molecule is O=C(CCN1C(=O)CCC1=O)NCC1CCN(Cc2ccccc2Cl)CC1. The van der Waals surface area contributed by atoms with Crippen molar-refractivity contribution in [2.75, 3.05) is 26.2 Å². The summed E-state index contributed by atoms with van der Waals surface area (Å²) in [5, 5.41) is 3.76. The van der Waals surface area contributed by atoms with Gasteiger partial charge in [-0.05, 0) is 43.5 Å². The zero-order valence-corrected chi connectivity index (χ0v) is 16.2. The van der Waals surface area contributed by atoms with Crippen LogP contribution in [0.1, 0.15) is 37.7 Å². The van der Waals surface area contributed by atoms with Crippen LogP contribution < -0.4 is 5.32 Å². The second-order valence-electron chi connectivity index (χ2n) is 7.30. The van der Waals surface area contributed by atoms with E-state index in [9.17, 15) is 14.4 Å². The van der Waals surface area contributed by atoms with E-state index in [4.69, 9.17) is 11.6 Å². The molecule has 2 fully saturated rings. The minimum Gasteiger partial charge on any atom is -0.356 e. The first-order valence-electron chi connectivity index (χ1n) is 9.58. The molecule has 2 aliphatic rings. The van der Waals surface area contributed by atoms with Crippen LogP contribution in [-0.2, 0) is 20.9 Å². The molecule has 1 N–H and O–H groups in total. The first-order valence-corrected chi connectivity index (χ1v) is 9.96. The molecular weight excluding hydrogens is 366 g/mol. The van der Waals surface area contributed by atoms with Crippen molar-refractivity contribution in [2.45, 2.75) is 38.6 Å². The Balaban J connectivity index is 1.33. The molecule has 1 aromatic rings. The highest BCUT2D eigenvalue weighted by Gasteiger charge is 2.29. The number of carbonyl (C=O) groups is 3. The number of imide groups is 1. The second kappa shape index (κ2) is 9.33. The van der Waals surface area contributed by atoms with Crippen LogP contribution in [0, 0.1) is 5.92 Å². The summed E-state index contributed by atoms with van der Waals surface area (Å²) in [6.45, 7) is 3.68. The molecule has 2 heterocycles. The number of hydrogen-bond donors (Lipinski definition) is 1. The van der Waals surface area contributed by atoms with E-state index in [2.05, 4.69) is 16.3 Å². The van der Waals surface area contributed by atoms with E-state index in [1.54, 1.807) is 0 Å². The fraction of sp³-hybridized carbons (Fsp3) is 0.550. The number of nitrogens with one attached hydrogen (secondary N) is 1. The average molecular weight is 392 g/mol. The molecule has 27 heavy (non-hydrogen) atoms. The van der Waals surface area contributed by atoms with Crippen LogP contribution in [0.25, 0.3) is 0 Å². The Morgan fingerprint density at radius 2 is 1.78 bits per heavy atom. The number of halogens is 1. The first-order chi connectivity index (χ1) is 13.0. The van der Waals surface area contributed by atoms with Gasteiger partial charge in [-0.25, -0.2) is 0 Å². The lowest BCUT2D eigenvalue weighted by Crippen LogP contribution is -2.39. The fourth-order valence-electron chi connectivity index (χ4n) is 3.65. The van der Waals surface area contributed by atoms with Crippen LogP contribution in [0.15, 0.2) is 24.3 Å². The topological polar surface area (TPSA) is 69.7 Å². The Labute approximate surface area is 164 Å². The van der Waals surface area contributed by atoms with E-state index < -0.39 is 0 Å². The minimum atomic E-state index is -0.168. The third-order valence-corrected chi connectivity index (χ3v) is 5.73. The number of carbonyl (C=O) groups excluding carboxylic acids is 3. The molecule has 2 aliphatic heterocycles. The highest BCUT2D eigenvalue weighted by molar-refractivity contribution is 6.31. The minimum absolute atomic E-state index is 0.0963. The third kappa shape index (κ3) is 5.53. The molecule has 0 saturated carbocycles. The molecule has 2 saturated heterocycles. The summed E-state index contributed by atoms with van der Waals surface area (Å²) >= 11 is 6.23. The van der Waals surface area contributed by atoms with Gasteiger partial charge in [0.15, 0.2) is 0 Å². The fourth-order valence-corrected chi connectivity index (χ4v) is 3.84.